The van der Waals surface area contributed by atoms with E-state index in [0.717, 1.165) is 36.0 Å². The molecule has 2 aromatic carbocycles. The molecule has 0 saturated carbocycles. The number of nitrogens with two attached hydrogens (primary N) is 1. The van der Waals surface area contributed by atoms with Gasteiger partial charge in [0.25, 0.3) is 0 Å². The first-order valence-corrected chi connectivity index (χ1v) is 10.3. The highest BCUT2D eigenvalue weighted by molar-refractivity contribution is 7.89. The Hall–Kier alpha value is -2.13. The van der Waals surface area contributed by atoms with Crippen molar-refractivity contribution in [3.8, 4) is 12.3 Å². The van der Waals surface area contributed by atoms with Gasteiger partial charge in [0.1, 0.15) is 5.66 Å². The molecule has 0 aliphatic heterocycles. The molecule has 0 saturated heterocycles. The summed E-state index contributed by atoms with van der Waals surface area (Å²) in [7, 11) is -3.81. The number of hydrogen-bond acceptors (Lipinski definition) is 3. The predicted molar refractivity (Wildman–Crippen MR) is 104 cm³/mol. The molecule has 1 unspecified atom stereocenters. The van der Waals surface area contributed by atoms with Crippen molar-refractivity contribution in [2.75, 3.05) is 6.54 Å². The number of aryl methyl sites for hydroxylation is 2. The summed E-state index contributed by atoms with van der Waals surface area (Å²) < 4.78 is 28.0. The number of nitrogens with zero attached hydrogens (tertiary/aromatic N) is 1. The molecule has 0 aromatic heterocycles. The highest BCUT2D eigenvalue weighted by atomic mass is 32.2. The normalized spacial score (nSPS) is 19.3. The van der Waals surface area contributed by atoms with Gasteiger partial charge in [-0.1, -0.05) is 55.7 Å². The van der Waals surface area contributed by atoms with Crippen LogP contribution >= 0.6 is 0 Å². The maximum absolute atomic E-state index is 13.3. The molecule has 0 heterocycles. The molecule has 0 spiro atoms. The van der Waals surface area contributed by atoms with Crippen molar-refractivity contribution in [3.63, 3.8) is 0 Å². The van der Waals surface area contributed by atoms with Crippen molar-refractivity contribution in [1.29, 1.82) is 0 Å². The van der Waals surface area contributed by atoms with Crippen LogP contribution in [0.25, 0.3) is 0 Å². The van der Waals surface area contributed by atoms with Gasteiger partial charge in [-0.3, -0.25) is 0 Å². The molecule has 136 valence electrons. The van der Waals surface area contributed by atoms with Gasteiger partial charge in [0.15, 0.2) is 0 Å². The van der Waals surface area contributed by atoms with Crippen molar-refractivity contribution in [2.45, 2.75) is 43.2 Å². The van der Waals surface area contributed by atoms with Crippen molar-refractivity contribution in [3.05, 3.63) is 65.2 Å². The zero-order valence-corrected chi connectivity index (χ0v) is 15.8. The molecular weight excluding hydrogens is 344 g/mol. The summed E-state index contributed by atoms with van der Waals surface area (Å²) in [5.74, 6) is 2.48. The lowest BCUT2D eigenvalue weighted by Gasteiger charge is -2.36. The van der Waals surface area contributed by atoms with Crippen LogP contribution < -0.4 is 5.73 Å². The topological polar surface area (TPSA) is 63.4 Å². The van der Waals surface area contributed by atoms with E-state index in [1.807, 2.05) is 36.4 Å². The van der Waals surface area contributed by atoms with E-state index in [9.17, 15) is 8.42 Å². The van der Waals surface area contributed by atoms with Gasteiger partial charge in [-0.15, -0.1) is 6.42 Å². The summed E-state index contributed by atoms with van der Waals surface area (Å²) in [6.07, 6.45) is 8.68. The molecule has 0 fully saturated rings. The fourth-order valence-corrected chi connectivity index (χ4v) is 5.24. The Balaban J connectivity index is 2.04. The zero-order valence-electron chi connectivity index (χ0n) is 15.0. The molecule has 0 amide bonds. The van der Waals surface area contributed by atoms with E-state index in [0.29, 0.717) is 6.42 Å². The van der Waals surface area contributed by atoms with Crippen LogP contribution in [0.2, 0.25) is 0 Å². The second-order valence-corrected chi connectivity index (χ2v) is 8.55. The molecule has 0 bridgehead atoms. The second-order valence-electron chi connectivity index (χ2n) is 6.69. The maximum Gasteiger partial charge on any atom is 0.245 e. The molecule has 26 heavy (non-hydrogen) atoms. The molecule has 1 atom stereocenters. The molecule has 1 aliphatic carbocycles. The van der Waals surface area contributed by atoms with Crippen LogP contribution in [0.1, 0.15) is 36.5 Å². The van der Waals surface area contributed by atoms with Gasteiger partial charge in [0.2, 0.25) is 10.0 Å². The first-order valence-electron chi connectivity index (χ1n) is 8.86. The predicted octanol–water partition coefficient (Wildman–Crippen LogP) is 3.02. The molecule has 2 N–H and O–H groups in total. The first-order chi connectivity index (χ1) is 12.4. The Labute approximate surface area is 156 Å². The van der Waals surface area contributed by atoms with Crippen molar-refractivity contribution in [1.82, 2.24) is 4.31 Å². The molecule has 4 nitrogen and oxygen atoms in total. The highest BCUT2D eigenvalue weighted by Crippen LogP contribution is 2.40. The third-order valence-corrected chi connectivity index (χ3v) is 6.89. The molecule has 0 radical (unpaired) electrons. The van der Waals surface area contributed by atoms with Crippen molar-refractivity contribution < 1.29 is 8.42 Å². The summed E-state index contributed by atoms with van der Waals surface area (Å²) in [4.78, 5) is 0.224. The lowest BCUT2D eigenvalue weighted by Crippen LogP contribution is -2.54. The fourth-order valence-electron chi connectivity index (χ4n) is 3.65. The lowest BCUT2D eigenvalue weighted by atomic mass is 10.0. The Kier molecular flexibility index (Phi) is 5.19. The van der Waals surface area contributed by atoms with Crippen LogP contribution in [0.5, 0.6) is 0 Å². The van der Waals surface area contributed by atoms with E-state index in [2.05, 4.69) is 12.8 Å². The molecule has 1 aliphatic rings. The van der Waals surface area contributed by atoms with Crippen molar-refractivity contribution >= 4 is 10.0 Å². The average Bonchev–Trinajstić information content (AvgIpc) is 2.98. The van der Waals surface area contributed by atoms with Gasteiger partial charge in [-0.05, 0) is 48.1 Å². The van der Waals surface area contributed by atoms with Gasteiger partial charge in [-0.2, -0.15) is 4.31 Å². The minimum Gasteiger partial charge on any atom is -0.308 e. The van der Waals surface area contributed by atoms with Crippen molar-refractivity contribution in [2.24, 2.45) is 5.73 Å². The van der Waals surface area contributed by atoms with Gasteiger partial charge in [0, 0.05) is 0 Å². The maximum atomic E-state index is 13.3. The zero-order chi connectivity index (χ0) is 18.8. The van der Waals surface area contributed by atoms with Gasteiger partial charge in [-0.25, -0.2) is 8.42 Å². The number of terminal acetylenes is 1. The Morgan fingerprint density at radius 3 is 2.54 bits per heavy atom. The van der Waals surface area contributed by atoms with E-state index in [1.165, 1.54) is 4.31 Å². The number of benzene rings is 2. The van der Waals surface area contributed by atoms with Gasteiger partial charge < -0.3 is 5.73 Å². The largest absolute Gasteiger partial charge is 0.308 e. The Morgan fingerprint density at radius 1 is 1.19 bits per heavy atom. The standard InChI is InChI=1S/C21H24N2O2S/c1-3-7-17-10-12-19(13-11-17)26(24,25)23(16-4-2)21(22)15-14-18-8-5-6-9-20(18)21/h2,5-6,8-13H,3,7,14-16,22H2,1H3. The molecule has 5 heteroatoms. The van der Waals surface area contributed by atoms with Crippen LogP contribution in [-0.4, -0.2) is 19.3 Å². The number of sulfonamides is 1. The summed E-state index contributed by atoms with van der Waals surface area (Å²) in [5.41, 5.74) is 8.56. The summed E-state index contributed by atoms with van der Waals surface area (Å²) in [6, 6.07) is 14.7. The molecule has 3 rings (SSSR count). The Morgan fingerprint density at radius 2 is 1.88 bits per heavy atom. The van der Waals surface area contributed by atoms with Crippen LogP contribution in [0, 0.1) is 12.3 Å². The van der Waals surface area contributed by atoms with Gasteiger partial charge >= 0.3 is 0 Å². The van der Waals surface area contributed by atoms with Crippen LogP contribution in [0.4, 0.5) is 0 Å². The summed E-state index contributed by atoms with van der Waals surface area (Å²) in [6.45, 7) is 2.03. The quantitative estimate of drug-likeness (QED) is 0.630. The van der Waals surface area contributed by atoms with Gasteiger partial charge in [0.05, 0.1) is 11.4 Å². The summed E-state index contributed by atoms with van der Waals surface area (Å²) >= 11 is 0. The van der Waals surface area contributed by atoms with E-state index < -0.39 is 15.7 Å². The average molecular weight is 369 g/mol. The highest BCUT2D eigenvalue weighted by Gasteiger charge is 2.46. The lowest BCUT2D eigenvalue weighted by molar-refractivity contribution is 0.210. The van der Waals surface area contributed by atoms with E-state index in [4.69, 9.17) is 12.2 Å². The second kappa shape index (κ2) is 7.24. The first kappa shape index (κ1) is 18.7. The fraction of sp³-hybridized carbons (Fsp3) is 0.333. The third kappa shape index (κ3) is 3.16. The van der Waals surface area contributed by atoms with E-state index in [1.54, 1.807) is 12.1 Å². The molecule has 2 aromatic rings. The van der Waals surface area contributed by atoms with E-state index in [-0.39, 0.29) is 11.4 Å². The Bertz CT molecular complexity index is 929. The minimum atomic E-state index is -3.81. The number of rotatable bonds is 6. The van der Waals surface area contributed by atoms with Crippen LogP contribution in [0.3, 0.4) is 0 Å². The number of fused-ring (bicyclic) bond motifs is 1. The SMILES string of the molecule is C#CCN(C1(N)CCc2ccccc21)S(=O)(=O)c1ccc(CCC)cc1. The summed E-state index contributed by atoms with van der Waals surface area (Å²) in [5, 5.41) is 0. The minimum absolute atomic E-state index is 0.0656. The van der Waals surface area contributed by atoms with Crippen LogP contribution in [-0.2, 0) is 28.5 Å². The third-order valence-electron chi connectivity index (χ3n) is 4.99. The van der Waals surface area contributed by atoms with E-state index >= 15 is 0 Å². The van der Waals surface area contributed by atoms with Crippen LogP contribution in [0.15, 0.2) is 53.4 Å². The monoisotopic (exact) mass is 368 g/mol. The number of hydrogen-bond donors (Lipinski definition) is 1. The molecular formula is C21H24N2O2S. The smallest absolute Gasteiger partial charge is 0.245 e.